The molecule has 0 heterocycles. The van der Waals surface area contributed by atoms with Crippen molar-refractivity contribution in [1.82, 2.24) is 0 Å². The minimum atomic E-state index is -0.143. The summed E-state index contributed by atoms with van der Waals surface area (Å²) in [5.41, 5.74) is 8.19. The number of hydrogen-bond acceptors (Lipinski definition) is 2. The summed E-state index contributed by atoms with van der Waals surface area (Å²) in [5.74, 6) is 0. The van der Waals surface area contributed by atoms with E-state index in [1.807, 2.05) is 12.1 Å². The third-order valence-corrected chi connectivity index (χ3v) is 2.26. The van der Waals surface area contributed by atoms with E-state index in [1.54, 1.807) is 0 Å². The Kier molecular flexibility index (Phi) is 4.15. The first-order chi connectivity index (χ1) is 6.77. The number of aryl methyl sites for hydroxylation is 1. The summed E-state index contributed by atoms with van der Waals surface area (Å²) in [6.45, 7) is 2.16. The van der Waals surface area contributed by atoms with Crippen LogP contribution in [0.3, 0.4) is 0 Å². The van der Waals surface area contributed by atoms with Gasteiger partial charge in [0, 0.05) is 6.04 Å². The molecule has 1 rings (SSSR count). The van der Waals surface area contributed by atoms with E-state index in [-0.39, 0.29) is 6.04 Å². The Balaban J connectivity index is 2.68. The fourth-order valence-electron chi connectivity index (χ4n) is 1.44. The van der Waals surface area contributed by atoms with Crippen molar-refractivity contribution in [2.24, 2.45) is 5.73 Å². The first-order valence-corrected chi connectivity index (χ1v) is 4.99. The molecule has 0 aliphatic rings. The van der Waals surface area contributed by atoms with Crippen LogP contribution in [-0.2, 0) is 6.42 Å². The second kappa shape index (κ2) is 5.41. The maximum atomic E-state index is 8.51. The fourth-order valence-corrected chi connectivity index (χ4v) is 1.44. The fraction of sp³-hybridized carbons (Fsp3) is 0.417. The van der Waals surface area contributed by atoms with Crippen molar-refractivity contribution in [3.05, 3.63) is 35.4 Å². The molecular weight excluding hydrogens is 172 g/mol. The molecule has 2 nitrogen and oxygen atoms in total. The van der Waals surface area contributed by atoms with E-state index in [0.29, 0.717) is 6.42 Å². The van der Waals surface area contributed by atoms with Gasteiger partial charge in [0.15, 0.2) is 0 Å². The van der Waals surface area contributed by atoms with E-state index in [2.05, 4.69) is 25.1 Å². The minimum absolute atomic E-state index is 0.143. The van der Waals surface area contributed by atoms with Crippen molar-refractivity contribution < 1.29 is 0 Å². The van der Waals surface area contributed by atoms with Crippen LogP contribution in [0.5, 0.6) is 0 Å². The van der Waals surface area contributed by atoms with E-state index < -0.39 is 0 Å². The highest BCUT2D eigenvalue weighted by molar-refractivity contribution is 5.25. The van der Waals surface area contributed by atoms with Crippen LogP contribution < -0.4 is 5.73 Å². The lowest BCUT2D eigenvalue weighted by Gasteiger charge is -2.08. The lowest BCUT2D eigenvalue weighted by molar-refractivity contribution is 0.747. The molecule has 0 saturated heterocycles. The number of hydrogen-bond donors (Lipinski definition) is 1. The van der Waals surface area contributed by atoms with E-state index >= 15 is 0 Å². The Morgan fingerprint density at radius 2 is 2.00 bits per heavy atom. The monoisotopic (exact) mass is 188 g/mol. The van der Waals surface area contributed by atoms with Gasteiger partial charge >= 0.3 is 0 Å². The standard InChI is InChI=1S/C12H16N2/c1-2-3-10-4-6-11(7-5-10)12(14)8-9-13/h4-7,12H,2-3,8,14H2,1H3/t12-/m1/s1. The van der Waals surface area contributed by atoms with Crippen LogP contribution in [-0.4, -0.2) is 0 Å². The van der Waals surface area contributed by atoms with Gasteiger partial charge in [-0.15, -0.1) is 0 Å². The van der Waals surface area contributed by atoms with Gasteiger partial charge in [-0.3, -0.25) is 0 Å². The third kappa shape index (κ3) is 2.86. The predicted octanol–water partition coefficient (Wildman–Crippen LogP) is 2.55. The van der Waals surface area contributed by atoms with Crippen LogP contribution in [0, 0.1) is 11.3 Å². The molecule has 2 heteroatoms. The Morgan fingerprint density at radius 1 is 1.36 bits per heavy atom. The van der Waals surface area contributed by atoms with Crippen molar-refractivity contribution in [3.63, 3.8) is 0 Å². The van der Waals surface area contributed by atoms with Gasteiger partial charge in [0.1, 0.15) is 0 Å². The molecule has 0 aliphatic heterocycles. The van der Waals surface area contributed by atoms with Gasteiger partial charge < -0.3 is 5.73 Å². The molecule has 0 aromatic heterocycles. The normalized spacial score (nSPS) is 12.1. The molecule has 0 unspecified atom stereocenters. The molecule has 1 atom stereocenters. The zero-order valence-corrected chi connectivity index (χ0v) is 8.53. The van der Waals surface area contributed by atoms with Gasteiger partial charge in [-0.05, 0) is 17.5 Å². The highest BCUT2D eigenvalue weighted by atomic mass is 14.6. The van der Waals surface area contributed by atoms with E-state index in [0.717, 1.165) is 18.4 Å². The predicted molar refractivity (Wildman–Crippen MR) is 57.6 cm³/mol. The third-order valence-electron chi connectivity index (χ3n) is 2.26. The van der Waals surface area contributed by atoms with Crippen LogP contribution in [0.1, 0.15) is 36.9 Å². The topological polar surface area (TPSA) is 49.8 Å². The Labute approximate surface area is 85.4 Å². The summed E-state index contributed by atoms with van der Waals surface area (Å²) in [7, 11) is 0. The molecule has 14 heavy (non-hydrogen) atoms. The molecule has 0 bridgehead atoms. The lowest BCUT2D eigenvalue weighted by atomic mass is 10.0. The highest BCUT2D eigenvalue weighted by Gasteiger charge is 2.04. The molecular formula is C12H16N2. The minimum Gasteiger partial charge on any atom is -0.323 e. The van der Waals surface area contributed by atoms with Crippen molar-refractivity contribution in [1.29, 1.82) is 5.26 Å². The number of nitriles is 1. The van der Waals surface area contributed by atoms with Crippen LogP contribution >= 0.6 is 0 Å². The first kappa shape index (κ1) is 10.7. The molecule has 0 spiro atoms. The molecule has 2 N–H and O–H groups in total. The van der Waals surface area contributed by atoms with Gasteiger partial charge in [0.2, 0.25) is 0 Å². The molecule has 1 aromatic rings. The average molecular weight is 188 g/mol. The zero-order valence-electron chi connectivity index (χ0n) is 8.53. The Morgan fingerprint density at radius 3 is 2.50 bits per heavy atom. The summed E-state index contributed by atoms with van der Waals surface area (Å²) in [5, 5.41) is 8.51. The van der Waals surface area contributed by atoms with Gasteiger partial charge in [-0.1, -0.05) is 37.6 Å². The van der Waals surface area contributed by atoms with Crippen molar-refractivity contribution in [2.75, 3.05) is 0 Å². The SMILES string of the molecule is CCCc1ccc([C@H](N)CC#N)cc1. The van der Waals surface area contributed by atoms with Crippen molar-refractivity contribution >= 4 is 0 Å². The molecule has 0 aliphatic carbocycles. The molecule has 0 radical (unpaired) electrons. The van der Waals surface area contributed by atoms with Crippen molar-refractivity contribution in [3.8, 4) is 6.07 Å². The smallest absolute Gasteiger partial charge is 0.0641 e. The quantitative estimate of drug-likeness (QED) is 0.789. The Bertz CT molecular complexity index is 308. The Hall–Kier alpha value is -1.33. The van der Waals surface area contributed by atoms with E-state index in [1.165, 1.54) is 5.56 Å². The largest absolute Gasteiger partial charge is 0.323 e. The summed E-state index contributed by atoms with van der Waals surface area (Å²) in [4.78, 5) is 0. The van der Waals surface area contributed by atoms with Crippen LogP contribution in [0.2, 0.25) is 0 Å². The maximum Gasteiger partial charge on any atom is 0.0641 e. The summed E-state index contributed by atoms with van der Waals surface area (Å²) < 4.78 is 0. The van der Waals surface area contributed by atoms with Crippen LogP contribution in [0.15, 0.2) is 24.3 Å². The maximum absolute atomic E-state index is 8.51. The molecule has 74 valence electrons. The second-order valence-corrected chi connectivity index (χ2v) is 3.46. The average Bonchev–Trinajstić information content (AvgIpc) is 2.20. The molecule has 0 fully saturated rings. The molecule has 0 saturated carbocycles. The zero-order chi connectivity index (χ0) is 10.4. The van der Waals surface area contributed by atoms with E-state index in [4.69, 9.17) is 11.0 Å². The first-order valence-electron chi connectivity index (χ1n) is 4.99. The summed E-state index contributed by atoms with van der Waals surface area (Å²) >= 11 is 0. The lowest BCUT2D eigenvalue weighted by Crippen LogP contribution is -2.08. The van der Waals surface area contributed by atoms with Crippen LogP contribution in [0.25, 0.3) is 0 Å². The van der Waals surface area contributed by atoms with Gasteiger partial charge in [0.05, 0.1) is 12.5 Å². The van der Waals surface area contributed by atoms with Gasteiger partial charge in [-0.2, -0.15) is 5.26 Å². The summed E-state index contributed by atoms with van der Waals surface area (Å²) in [6.07, 6.45) is 2.64. The molecule has 0 amide bonds. The van der Waals surface area contributed by atoms with Crippen molar-refractivity contribution in [2.45, 2.75) is 32.2 Å². The number of nitrogens with zero attached hydrogens (tertiary/aromatic N) is 1. The van der Waals surface area contributed by atoms with Gasteiger partial charge in [0.25, 0.3) is 0 Å². The number of benzene rings is 1. The second-order valence-electron chi connectivity index (χ2n) is 3.46. The van der Waals surface area contributed by atoms with Crippen LogP contribution in [0.4, 0.5) is 0 Å². The summed E-state index contributed by atoms with van der Waals surface area (Å²) in [6, 6.07) is 10.2. The highest BCUT2D eigenvalue weighted by Crippen LogP contribution is 2.14. The number of nitrogens with two attached hydrogens (primary N) is 1. The number of rotatable bonds is 4. The van der Waals surface area contributed by atoms with Gasteiger partial charge in [-0.25, -0.2) is 0 Å². The molecule has 1 aromatic carbocycles. The van der Waals surface area contributed by atoms with E-state index in [9.17, 15) is 0 Å².